The molecular formula is C23H15NO4. The number of hydrogen-bond acceptors (Lipinski definition) is 5. The average Bonchev–Trinajstić information content (AvgIpc) is 3.35. The molecule has 2 heterocycles. The van der Waals surface area contributed by atoms with E-state index in [1.165, 1.54) is 0 Å². The van der Waals surface area contributed by atoms with Gasteiger partial charge in [0.2, 0.25) is 12.7 Å². The van der Waals surface area contributed by atoms with Crippen molar-refractivity contribution in [2.75, 3.05) is 6.79 Å². The molecule has 0 unspecified atom stereocenters. The summed E-state index contributed by atoms with van der Waals surface area (Å²) in [5, 5.41) is 0. The van der Waals surface area contributed by atoms with Crippen molar-refractivity contribution in [2.45, 2.75) is 0 Å². The summed E-state index contributed by atoms with van der Waals surface area (Å²) in [6, 6.07) is 23.3. The SMILES string of the molecule is O=C1OC(c2ccc(-c3ccccc3)cc2)=N/C1=C/c1ccc2c(c1)OCO2. The highest BCUT2D eigenvalue weighted by Gasteiger charge is 2.24. The number of aliphatic imine (C=N–C) groups is 1. The van der Waals surface area contributed by atoms with Crippen LogP contribution in [0.3, 0.4) is 0 Å². The molecule has 0 aliphatic carbocycles. The number of esters is 1. The zero-order chi connectivity index (χ0) is 18.9. The lowest BCUT2D eigenvalue weighted by Gasteiger charge is -2.03. The topological polar surface area (TPSA) is 57.1 Å². The third-order valence-corrected chi connectivity index (χ3v) is 4.56. The first-order chi connectivity index (χ1) is 13.8. The van der Waals surface area contributed by atoms with Gasteiger partial charge in [0.1, 0.15) is 0 Å². The molecule has 5 heteroatoms. The fraction of sp³-hybridized carbons (Fsp3) is 0.0435. The van der Waals surface area contributed by atoms with Crippen LogP contribution < -0.4 is 9.47 Å². The van der Waals surface area contributed by atoms with E-state index in [1.54, 1.807) is 6.08 Å². The first-order valence-corrected chi connectivity index (χ1v) is 8.84. The van der Waals surface area contributed by atoms with E-state index in [0.29, 0.717) is 17.4 Å². The second-order valence-corrected chi connectivity index (χ2v) is 6.39. The van der Waals surface area contributed by atoms with E-state index in [-0.39, 0.29) is 12.5 Å². The molecule has 0 spiro atoms. The van der Waals surface area contributed by atoms with Gasteiger partial charge in [-0.3, -0.25) is 0 Å². The number of hydrogen-bond donors (Lipinski definition) is 0. The lowest BCUT2D eigenvalue weighted by atomic mass is 10.0. The first kappa shape index (κ1) is 16.3. The van der Waals surface area contributed by atoms with Crippen LogP contribution in [0.15, 0.2) is 83.5 Å². The van der Waals surface area contributed by atoms with Crippen molar-refractivity contribution in [3.8, 4) is 22.6 Å². The van der Waals surface area contributed by atoms with E-state index in [9.17, 15) is 4.79 Å². The van der Waals surface area contributed by atoms with Crippen LogP contribution in [0.4, 0.5) is 0 Å². The second-order valence-electron chi connectivity index (χ2n) is 6.39. The van der Waals surface area contributed by atoms with Gasteiger partial charge in [-0.15, -0.1) is 0 Å². The molecule has 5 rings (SSSR count). The number of nitrogens with zero attached hydrogens (tertiary/aromatic N) is 1. The number of carbonyl (C=O) groups excluding carboxylic acids is 1. The molecule has 2 aliphatic heterocycles. The summed E-state index contributed by atoms with van der Waals surface area (Å²) in [4.78, 5) is 16.6. The van der Waals surface area contributed by atoms with Gasteiger partial charge in [-0.2, -0.15) is 0 Å². The van der Waals surface area contributed by atoms with Crippen LogP contribution in [-0.2, 0) is 9.53 Å². The lowest BCUT2D eigenvalue weighted by Crippen LogP contribution is -2.05. The first-order valence-electron chi connectivity index (χ1n) is 8.84. The Morgan fingerprint density at radius 2 is 1.50 bits per heavy atom. The van der Waals surface area contributed by atoms with Crippen LogP contribution in [0.5, 0.6) is 11.5 Å². The summed E-state index contributed by atoms with van der Waals surface area (Å²) in [6.45, 7) is 0.207. The number of fused-ring (bicyclic) bond motifs is 1. The van der Waals surface area contributed by atoms with Crippen molar-refractivity contribution in [3.05, 3.63) is 89.6 Å². The molecule has 0 bridgehead atoms. The standard InChI is InChI=1S/C23H15NO4/c25-23-19(12-15-6-11-20-21(13-15)27-14-26-20)24-22(28-23)18-9-7-17(8-10-18)16-4-2-1-3-5-16/h1-13H,14H2/b19-12+. The van der Waals surface area contributed by atoms with E-state index < -0.39 is 5.97 Å². The maximum atomic E-state index is 12.2. The number of carbonyl (C=O) groups is 1. The van der Waals surface area contributed by atoms with Gasteiger partial charge < -0.3 is 14.2 Å². The van der Waals surface area contributed by atoms with Gasteiger partial charge in [0.25, 0.3) is 0 Å². The molecular weight excluding hydrogens is 354 g/mol. The average molecular weight is 369 g/mol. The van der Waals surface area contributed by atoms with E-state index in [0.717, 1.165) is 22.3 Å². The van der Waals surface area contributed by atoms with E-state index >= 15 is 0 Å². The summed E-state index contributed by atoms with van der Waals surface area (Å²) >= 11 is 0. The van der Waals surface area contributed by atoms with Gasteiger partial charge in [-0.25, -0.2) is 9.79 Å². The molecule has 0 amide bonds. The molecule has 0 aromatic heterocycles. The monoisotopic (exact) mass is 369 g/mol. The molecule has 28 heavy (non-hydrogen) atoms. The highest BCUT2D eigenvalue weighted by molar-refractivity contribution is 6.13. The number of rotatable bonds is 3. The molecule has 3 aromatic rings. The molecule has 2 aliphatic rings. The van der Waals surface area contributed by atoms with Crippen LogP contribution >= 0.6 is 0 Å². The highest BCUT2D eigenvalue weighted by atomic mass is 16.7. The van der Waals surface area contributed by atoms with E-state index in [4.69, 9.17) is 14.2 Å². The fourth-order valence-electron chi connectivity index (χ4n) is 3.13. The van der Waals surface area contributed by atoms with Gasteiger partial charge in [0, 0.05) is 5.56 Å². The quantitative estimate of drug-likeness (QED) is 0.506. The van der Waals surface area contributed by atoms with Crippen molar-refractivity contribution in [3.63, 3.8) is 0 Å². The highest BCUT2D eigenvalue weighted by Crippen LogP contribution is 2.33. The molecule has 3 aromatic carbocycles. The zero-order valence-electron chi connectivity index (χ0n) is 14.8. The zero-order valence-corrected chi connectivity index (χ0v) is 14.8. The number of cyclic esters (lactones) is 1. The molecule has 0 N–H and O–H groups in total. The summed E-state index contributed by atoms with van der Waals surface area (Å²) < 4.78 is 16.0. The molecule has 0 saturated heterocycles. The molecule has 136 valence electrons. The Morgan fingerprint density at radius 3 is 2.32 bits per heavy atom. The minimum Gasteiger partial charge on any atom is -0.454 e. The molecule has 0 radical (unpaired) electrons. The summed E-state index contributed by atoms with van der Waals surface area (Å²) in [5.74, 6) is 1.18. The van der Waals surface area contributed by atoms with Crippen LogP contribution in [-0.4, -0.2) is 18.7 Å². The van der Waals surface area contributed by atoms with Gasteiger partial charge >= 0.3 is 5.97 Å². The van der Waals surface area contributed by atoms with Crippen LogP contribution in [0.25, 0.3) is 17.2 Å². The summed E-state index contributed by atoms with van der Waals surface area (Å²) in [5.41, 5.74) is 4.01. The van der Waals surface area contributed by atoms with Gasteiger partial charge in [-0.1, -0.05) is 48.5 Å². The number of ether oxygens (including phenoxy) is 3. The molecule has 0 fully saturated rings. The minimum atomic E-state index is -0.472. The fourth-order valence-corrected chi connectivity index (χ4v) is 3.13. The van der Waals surface area contributed by atoms with Gasteiger partial charge in [0.15, 0.2) is 17.2 Å². The Labute approximate surface area is 161 Å². The van der Waals surface area contributed by atoms with E-state index in [1.807, 2.05) is 72.8 Å². The Hall–Kier alpha value is -3.86. The van der Waals surface area contributed by atoms with E-state index in [2.05, 4.69) is 4.99 Å². The maximum Gasteiger partial charge on any atom is 0.363 e. The summed E-state index contributed by atoms with van der Waals surface area (Å²) in [7, 11) is 0. The van der Waals surface area contributed by atoms with Crippen molar-refractivity contribution in [1.29, 1.82) is 0 Å². The third-order valence-electron chi connectivity index (χ3n) is 4.56. The van der Waals surface area contributed by atoms with Gasteiger partial charge in [-0.05, 0) is 47.0 Å². The Kier molecular flexibility index (Phi) is 3.91. The van der Waals surface area contributed by atoms with Crippen LogP contribution in [0, 0.1) is 0 Å². The van der Waals surface area contributed by atoms with Gasteiger partial charge in [0.05, 0.1) is 0 Å². The van der Waals surface area contributed by atoms with Crippen LogP contribution in [0.2, 0.25) is 0 Å². The summed E-state index contributed by atoms with van der Waals surface area (Å²) in [6.07, 6.45) is 1.68. The Morgan fingerprint density at radius 1 is 0.786 bits per heavy atom. The van der Waals surface area contributed by atoms with Crippen molar-refractivity contribution < 1.29 is 19.0 Å². The molecule has 5 nitrogen and oxygen atoms in total. The third kappa shape index (κ3) is 3.03. The largest absolute Gasteiger partial charge is 0.454 e. The molecule has 0 atom stereocenters. The smallest absolute Gasteiger partial charge is 0.363 e. The maximum absolute atomic E-state index is 12.2. The minimum absolute atomic E-state index is 0.207. The normalized spacial score (nSPS) is 16.2. The predicted molar refractivity (Wildman–Crippen MR) is 105 cm³/mol. The van der Waals surface area contributed by atoms with Crippen LogP contribution in [0.1, 0.15) is 11.1 Å². The van der Waals surface area contributed by atoms with Crippen molar-refractivity contribution in [2.24, 2.45) is 4.99 Å². The Bertz CT molecular complexity index is 1120. The lowest BCUT2D eigenvalue weighted by molar-refractivity contribution is -0.129. The molecule has 0 saturated carbocycles. The van der Waals surface area contributed by atoms with Crippen molar-refractivity contribution in [1.82, 2.24) is 0 Å². The number of benzene rings is 3. The van der Waals surface area contributed by atoms with Crippen molar-refractivity contribution >= 4 is 17.9 Å². The Balaban J connectivity index is 1.41. The second kappa shape index (κ2) is 6.70. The predicted octanol–water partition coefficient (Wildman–Crippen LogP) is 4.43.